The van der Waals surface area contributed by atoms with Gasteiger partial charge in [-0.15, -0.1) is 0 Å². The van der Waals surface area contributed by atoms with Crippen LogP contribution in [0.15, 0.2) is 78.9 Å². The zero-order chi connectivity index (χ0) is 14.5. The van der Waals surface area contributed by atoms with Gasteiger partial charge in [-0.05, 0) is 34.9 Å². The van der Waals surface area contributed by atoms with Crippen molar-refractivity contribution in [3.8, 4) is 22.3 Å². The van der Waals surface area contributed by atoms with Gasteiger partial charge in [-0.25, -0.2) is 0 Å². The first-order valence-corrected chi connectivity index (χ1v) is 7.26. The summed E-state index contributed by atoms with van der Waals surface area (Å²) in [6.07, 6.45) is 0. The van der Waals surface area contributed by atoms with Crippen molar-refractivity contribution < 1.29 is 0 Å². The average molecular weight is 273 g/mol. The van der Waals surface area contributed by atoms with Crippen molar-refractivity contribution in [1.82, 2.24) is 5.32 Å². The van der Waals surface area contributed by atoms with Gasteiger partial charge in [0.1, 0.15) is 0 Å². The summed E-state index contributed by atoms with van der Waals surface area (Å²) in [5.41, 5.74) is 6.34. The molecule has 0 aliphatic heterocycles. The molecule has 0 aliphatic rings. The molecule has 1 N–H and O–H groups in total. The second kappa shape index (κ2) is 6.38. The molecule has 104 valence electrons. The van der Waals surface area contributed by atoms with E-state index in [1.165, 1.54) is 27.8 Å². The van der Waals surface area contributed by atoms with E-state index in [9.17, 15) is 0 Å². The molecule has 1 nitrogen and oxygen atoms in total. The Balaban J connectivity index is 1.84. The second-order valence-electron chi connectivity index (χ2n) is 5.17. The van der Waals surface area contributed by atoms with Crippen LogP contribution < -0.4 is 5.32 Å². The molecule has 0 amide bonds. The van der Waals surface area contributed by atoms with Crippen molar-refractivity contribution in [2.75, 3.05) is 7.05 Å². The molecule has 3 rings (SSSR count). The molecule has 21 heavy (non-hydrogen) atoms. The maximum atomic E-state index is 3.17. The lowest BCUT2D eigenvalue weighted by molar-refractivity contribution is 0.818. The molecule has 0 spiro atoms. The predicted molar refractivity (Wildman–Crippen MR) is 90.1 cm³/mol. The molecule has 1 heteroatoms. The van der Waals surface area contributed by atoms with Crippen LogP contribution >= 0.6 is 0 Å². The zero-order valence-corrected chi connectivity index (χ0v) is 12.2. The van der Waals surface area contributed by atoms with Gasteiger partial charge in [-0.2, -0.15) is 0 Å². The fraction of sp³-hybridized carbons (Fsp3) is 0.100. The lowest BCUT2D eigenvalue weighted by Crippen LogP contribution is -2.04. The summed E-state index contributed by atoms with van der Waals surface area (Å²) >= 11 is 0. The van der Waals surface area contributed by atoms with Crippen LogP contribution in [0.4, 0.5) is 0 Å². The summed E-state index contributed by atoms with van der Waals surface area (Å²) in [6.45, 7) is 0.910. The Labute approximate surface area is 126 Å². The number of benzene rings is 3. The lowest BCUT2D eigenvalue weighted by atomic mass is 10.00. The van der Waals surface area contributed by atoms with Gasteiger partial charge in [-0.3, -0.25) is 0 Å². The molecule has 0 fully saturated rings. The summed E-state index contributed by atoms with van der Waals surface area (Å²) in [7, 11) is 1.97. The van der Waals surface area contributed by atoms with Crippen molar-refractivity contribution in [1.29, 1.82) is 0 Å². The van der Waals surface area contributed by atoms with Crippen molar-refractivity contribution in [2.45, 2.75) is 6.54 Å². The molecule has 0 radical (unpaired) electrons. The molecule has 0 aliphatic carbocycles. The van der Waals surface area contributed by atoms with E-state index in [2.05, 4.69) is 78.1 Å². The molecule has 0 heterocycles. The topological polar surface area (TPSA) is 12.0 Å². The van der Waals surface area contributed by atoms with Crippen molar-refractivity contribution in [3.63, 3.8) is 0 Å². The predicted octanol–water partition coefficient (Wildman–Crippen LogP) is 4.74. The molecule has 3 aromatic carbocycles. The monoisotopic (exact) mass is 273 g/mol. The average Bonchev–Trinajstić information content (AvgIpc) is 2.57. The van der Waals surface area contributed by atoms with Crippen LogP contribution in [0.3, 0.4) is 0 Å². The van der Waals surface area contributed by atoms with E-state index in [1.807, 2.05) is 13.1 Å². The van der Waals surface area contributed by atoms with Crippen LogP contribution in [0.25, 0.3) is 22.3 Å². The summed E-state index contributed by atoms with van der Waals surface area (Å²) in [5.74, 6) is 0. The van der Waals surface area contributed by atoms with Gasteiger partial charge in [-0.1, -0.05) is 78.9 Å². The highest BCUT2D eigenvalue weighted by molar-refractivity contribution is 5.70. The molecule has 0 atom stereocenters. The first-order chi connectivity index (χ1) is 10.4. The highest BCUT2D eigenvalue weighted by Gasteiger charge is 2.00. The number of hydrogen-bond acceptors (Lipinski definition) is 1. The minimum atomic E-state index is 0.910. The van der Waals surface area contributed by atoms with Crippen LogP contribution in [-0.2, 0) is 6.54 Å². The number of nitrogens with one attached hydrogen (secondary N) is 1. The summed E-state index contributed by atoms with van der Waals surface area (Å²) in [5, 5.41) is 3.17. The smallest absolute Gasteiger partial charge is 0.0202 e. The Morgan fingerprint density at radius 3 is 1.48 bits per heavy atom. The van der Waals surface area contributed by atoms with Crippen LogP contribution in [0.2, 0.25) is 0 Å². The standard InChI is InChI=1S/C20H19N/c1-21-15-16-7-9-18(10-8-16)20-13-11-19(12-14-20)17-5-3-2-4-6-17/h2-14,21H,15H2,1H3. The normalized spacial score (nSPS) is 10.5. The zero-order valence-electron chi connectivity index (χ0n) is 12.2. The van der Waals surface area contributed by atoms with E-state index in [4.69, 9.17) is 0 Å². The Kier molecular flexibility index (Phi) is 4.13. The third-order valence-corrected chi connectivity index (χ3v) is 3.66. The van der Waals surface area contributed by atoms with E-state index >= 15 is 0 Å². The van der Waals surface area contributed by atoms with Gasteiger partial charge in [0.25, 0.3) is 0 Å². The first kappa shape index (κ1) is 13.6. The molecular formula is C20H19N. The molecule has 0 saturated heterocycles. The third kappa shape index (κ3) is 3.21. The molecule has 0 unspecified atom stereocenters. The maximum absolute atomic E-state index is 3.17. The first-order valence-electron chi connectivity index (χ1n) is 7.26. The van der Waals surface area contributed by atoms with Crippen LogP contribution in [0, 0.1) is 0 Å². The van der Waals surface area contributed by atoms with E-state index in [1.54, 1.807) is 0 Å². The summed E-state index contributed by atoms with van der Waals surface area (Å²) in [6, 6.07) is 28.0. The van der Waals surface area contributed by atoms with Gasteiger partial charge in [0.15, 0.2) is 0 Å². The fourth-order valence-corrected chi connectivity index (χ4v) is 2.50. The maximum Gasteiger partial charge on any atom is 0.0202 e. The van der Waals surface area contributed by atoms with Crippen LogP contribution in [0.1, 0.15) is 5.56 Å². The largest absolute Gasteiger partial charge is 0.316 e. The van der Waals surface area contributed by atoms with Gasteiger partial charge in [0, 0.05) is 6.54 Å². The minimum absolute atomic E-state index is 0.910. The van der Waals surface area contributed by atoms with Crippen molar-refractivity contribution in [3.05, 3.63) is 84.4 Å². The van der Waals surface area contributed by atoms with Crippen molar-refractivity contribution in [2.24, 2.45) is 0 Å². The highest BCUT2D eigenvalue weighted by Crippen LogP contribution is 2.24. The molecule has 3 aromatic rings. The minimum Gasteiger partial charge on any atom is -0.316 e. The quantitative estimate of drug-likeness (QED) is 0.724. The van der Waals surface area contributed by atoms with Gasteiger partial charge in [0.2, 0.25) is 0 Å². The molecule has 0 saturated carbocycles. The lowest BCUT2D eigenvalue weighted by Gasteiger charge is -2.06. The van der Waals surface area contributed by atoms with Crippen LogP contribution in [0.5, 0.6) is 0 Å². The molecule has 0 aromatic heterocycles. The third-order valence-electron chi connectivity index (χ3n) is 3.66. The van der Waals surface area contributed by atoms with E-state index < -0.39 is 0 Å². The second-order valence-corrected chi connectivity index (χ2v) is 5.17. The van der Waals surface area contributed by atoms with E-state index in [0.29, 0.717) is 0 Å². The summed E-state index contributed by atoms with van der Waals surface area (Å²) in [4.78, 5) is 0. The molecule has 0 bridgehead atoms. The number of rotatable bonds is 4. The van der Waals surface area contributed by atoms with Gasteiger partial charge in [0.05, 0.1) is 0 Å². The fourth-order valence-electron chi connectivity index (χ4n) is 2.50. The Morgan fingerprint density at radius 1 is 0.571 bits per heavy atom. The van der Waals surface area contributed by atoms with E-state index in [0.717, 1.165) is 6.54 Å². The Hall–Kier alpha value is -2.38. The number of hydrogen-bond donors (Lipinski definition) is 1. The van der Waals surface area contributed by atoms with Gasteiger partial charge >= 0.3 is 0 Å². The van der Waals surface area contributed by atoms with Gasteiger partial charge < -0.3 is 5.32 Å². The molecular weight excluding hydrogens is 254 g/mol. The van der Waals surface area contributed by atoms with Crippen molar-refractivity contribution >= 4 is 0 Å². The Morgan fingerprint density at radius 2 is 1.00 bits per heavy atom. The van der Waals surface area contributed by atoms with Crippen LogP contribution in [-0.4, -0.2) is 7.05 Å². The highest BCUT2D eigenvalue weighted by atomic mass is 14.8. The van der Waals surface area contributed by atoms with E-state index in [-0.39, 0.29) is 0 Å². The Bertz CT molecular complexity index is 682. The SMILES string of the molecule is CNCc1ccc(-c2ccc(-c3ccccc3)cc2)cc1. The summed E-state index contributed by atoms with van der Waals surface area (Å²) < 4.78 is 0.